The van der Waals surface area contributed by atoms with E-state index in [1.165, 1.54) is 40.9 Å². The van der Waals surface area contributed by atoms with Gasteiger partial charge in [-0.05, 0) is 24.6 Å². The van der Waals surface area contributed by atoms with E-state index in [0.717, 1.165) is 10.5 Å². The average molecular weight is 504 g/mol. The van der Waals surface area contributed by atoms with Crippen molar-refractivity contribution in [1.82, 2.24) is 25.8 Å². The Bertz CT molecular complexity index is 1090. The summed E-state index contributed by atoms with van der Waals surface area (Å²) in [6.45, 7) is 2.70. The predicted octanol–water partition coefficient (Wildman–Crippen LogP) is -0.577. The Hall–Kier alpha value is -3.74. The minimum atomic E-state index is -1.20. The topological polar surface area (TPSA) is 157 Å². The van der Waals surface area contributed by atoms with Crippen LogP contribution in [0.1, 0.15) is 18.5 Å². The van der Waals surface area contributed by atoms with Gasteiger partial charge >= 0.3 is 23.8 Å². The number of esters is 1. The molecule has 1 aromatic carbocycles. The molecule has 1 saturated heterocycles. The molecule has 0 saturated carbocycles. The number of cyclic esters (lactones) is 1. The van der Waals surface area contributed by atoms with E-state index in [4.69, 9.17) is 4.74 Å². The summed E-state index contributed by atoms with van der Waals surface area (Å²) in [5, 5.41) is 17.7. The highest BCUT2D eigenvalue weighted by atomic mass is 32.2. The summed E-state index contributed by atoms with van der Waals surface area (Å²) in [6.07, 6.45) is 0. The molecule has 0 aliphatic carbocycles. The summed E-state index contributed by atoms with van der Waals surface area (Å²) >= 11 is 1.50. The lowest BCUT2D eigenvalue weighted by molar-refractivity contribution is -0.153. The number of hydrogen-bond acceptors (Lipinski definition) is 9. The van der Waals surface area contributed by atoms with Gasteiger partial charge in [-0.1, -0.05) is 12.1 Å². The van der Waals surface area contributed by atoms with Gasteiger partial charge in [-0.3, -0.25) is 19.3 Å². The predicted molar refractivity (Wildman–Crippen MR) is 124 cm³/mol. The number of hydrogen-bond donors (Lipinski definition) is 4. The number of nitrogens with zero attached hydrogens (tertiary/aromatic N) is 2. The Kier molecular flexibility index (Phi) is 7.15. The molecule has 0 radical (unpaired) electrons. The van der Waals surface area contributed by atoms with Crippen LogP contribution in [0, 0.1) is 0 Å². The maximum absolute atomic E-state index is 13.1. The Morgan fingerprint density at radius 2 is 1.94 bits per heavy atom. The highest BCUT2D eigenvalue weighted by Crippen LogP contribution is 2.27. The molecule has 1 fully saturated rings. The van der Waals surface area contributed by atoms with Crippen LogP contribution in [0.5, 0.6) is 5.75 Å². The first kappa shape index (κ1) is 24.4. The van der Waals surface area contributed by atoms with Gasteiger partial charge in [-0.2, -0.15) is 0 Å². The van der Waals surface area contributed by atoms with Gasteiger partial charge in [0, 0.05) is 37.5 Å². The summed E-state index contributed by atoms with van der Waals surface area (Å²) in [6, 6.07) is 3.61. The number of rotatable bonds is 6. The monoisotopic (exact) mass is 503 g/mol. The molecular weight excluding hydrogens is 478 g/mol. The van der Waals surface area contributed by atoms with Crippen molar-refractivity contribution in [2.75, 3.05) is 38.5 Å². The number of aromatic hydroxyl groups is 1. The molecule has 35 heavy (non-hydrogen) atoms. The Labute approximate surface area is 205 Å². The van der Waals surface area contributed by atoms with Crippen molar-refractivity contribution in [1.29, 1.82) is 0 Å². The first-order valence-corrected chi connectivity index (χ1v) is 12.1. The molecule has 3 aliphatic heterocycles. The number of piperazine rings is 1. The van der Waals surface area contributed by atoms with Gasteiger partial charge < -0.3 is 30.7 Å². The third-order valence-corrected chi connectivity index (χ3v) is 7.06. The molecule has 3 heterocycles. The molecule has 12 nitrogen and oxygen atoms in total. The zero-order valence-electron chi connectivity index (χ0n) is 18.9. The fraction of sp³-hybridized carbons (Fsp3) is 0.409. The number of urea groups is 1. The zero-order chi connectivity index (χ0) is 25.1. The average Bonchev–Trinajstić information content (AvgIpc) is 3.23. The van der Waals surface area contributed by atoms with Crippen LogP contribution in [-0.4, -0.2) is 88.5 Å². The molecule has 0 spiro atoms. The Balaban J connectivity index is 1.44. The van der Waals surface area contributed by atoms with Crippen LogP contribution in [0.15, 0.2) is 35.5 Å². The van der Waals surface area contributed by atoms with Crippen molar-refractivity contribution in [2.45, 2.75) is 18.3 Å². The van der Waals surface area contributed by atoms with E-state index in [0.29, 0.717) is 23.6 Å². The minimum Gasteiger partial charge on any atom is -0.508 e. The standard InChI is InChI=1S/C22H25N5O7S/c1-2-26-7-8-27(20(31)19(26)30)22(33)25-16(12-3-5-14(28)6-4-12)18(29)23-9-15-24-17-13(11-35-15)10-34-21(17)32/h3-6,15-16,24,28H,2,7-11H2,1H3,(H,23,29)(H,25,33). The first-order chi connectivity index (χ1) is 16.8. The summed E-state index contributed by atoms with van der Waals surface area (Å²) in [5.74, 6) is -2.16. The second kappa shape index (κ2) is 10.3. The number of carbonyl (C=O) groups excluding carboxylic acids is 5. The van der Waals surface area contributed by atoms with Crippen LogP contribution in [-0.2, 0) is 23.9 Å². The van der Waals surface area contributed by atoms with Crippen LogP contribution < -0.4 is 16.0 Å². The number of benzene rings is 1. The molecule has 13 heteroatoms. The molecule has 1 aromatic rings. The lowest BCUT2D eigenvalue weighted by atomic mass is 10.1. The fourth-order valence-corrected chi connectivity index (χ4v) is 4.90. The van der Waals surface area contributed by atoms with E-state index < -0.39 is 35.8 Å². The van der Waals surface area contributed by atoms with Gasteiger partial charge in [-0.15, -0.1) is 11.8 Å². The minimum absolute atomic E-state index is 0.00431. The van der Waals surface area contributed by atoms with Gasteiger partial charge in [0.25, 0.3) is 0 Å². The van der Waals surface area contributed by atoms with E-state index in [1.54, 1.807) is 6.92 Å². The third kappa shape index (κ3) is 5.19. The third-order valence-electron chi connectivity index (χ3n) is 5.85. The second-order valence-electron chi connectivity index (χ2n) is 8.06. The maximum atomic E-state index is 13.1. The maximum Gasteiger partial charge on any atom is 0.354 e. The summed E-state index contributed by atoms with van der Waals surface area (Å²) in [7, 11) is 0. The highest BCUT2D eigenvalue weighted by molar-refractivity contribution is 8.00. The lowest BCUT2D eigenvalue weighted by Gasteiger charge is -2.32. The van der Waals surface area contributed by atoms with E-state index in [2.05, 4.69) is 16.0 Å². The van der Waals surface area contributed by atoms with E-state index >= 15 is 0 Å². The van der Waals surface area contributed by atoms with Crippen LogP contribution in [0.25, 0.3) is 0 Å². The van der Waals surface area contributed by atoms with E-state index in [9.17, 15) is 29.1 Å². The van der Waals surface area contributed by atoms with Crippen molar-refractivity contribution < 1.29 is 33.8 Å². The highest BCUT2D eigenvalue weighted by Gasteiger charge is 2.37. The number of phenolic OH excluding ortho intramolecular Hbond substituents is 1. The summed E-state index contributed by atoms with van der Waals surface area (Å²) < 4.78 is 5.01. The molecule has 2 unspecified atom stereocenters. The van der Waals surface area contributed by atoms with Gasteiger partial charge in [0.05, 0.1) is 5.37 Å². The number of nitrogens with one attached hydrogen (secondary N) is 3. The molecule has 4 rings (SSSR count). The second-order valence-corrected chi connectivity index (χ2v) is 9.25. The fourth-order valence-electron chi connectivity index (χ4n) is 3.86. The van der Waals surface area contributed by atoms with Gasteiger partial charge in [0.15, 0.2) is 0 Å². The number of phenols is 1. The van der Waals surface area contributed by atoms with Crippen LogP contribution >= 0.6 is 11.8 Å². The van der Waals surface area contributed by atoms with Crippen LogP contribution in [0.2, 0.25) is 0 Å². The lowest BCUT2D eigenvalue weighted by Crippen LogP contribution is -2.59. The van der Waals surface area contributed by atoms with Crippen molar-refractivity contribution in [3.63, 3.8) is 0 Å². The van der Waals surface area contributed by atoms with Crippen molar-refractivity contribution in [3.8, 4) is 5.75 Å². The molecule has 2 atom stereocenters. The van der Waals surface area contributed by atoms with E-state index in [1.807, 2.05) is 0 Å². The summed E-state index contributed by atoms with van der Waals surface area (Å²) in [4.78, 5) is 64.5. The van der Waals surface area contributed by atoms with Crippen molar-refractivity contribution in [2.24, 2.45) is 0 Å². The molecule has 186 valence electrons. The Morgan fingerprint density at radius 3 is 2.66 bits per heavy atom. The molecule has 0 bridgehead atoms. The first-order valence-electron chi connectivity index (χ1n) is 11.0. The van der Waals surface area contributed by atoms with Gasteiger partial charge in [0.1, 0.15) is 24.1 Å². The molecule has 4 N–H and O–H groups in total. The van der Waals surface area contributed by atoms with Crippen molar-refractivity contribution >= 4 is 41.5 Å². The number of likely N-dealkylation sites (N-methyl/N-ethyl adjacent to an activating group) is 1. The molecular formula is C22H25N5O7S. The number of ether oxygens (including phenoxy) is 1. The number of imide groups is 1. The zero-order valence-corrected chi connectivity index (χ0v) is 19.7. The number of amides is 5. The SMILES string of the molecule is CCN1CCN(C(=O)NC(C(=O)NCC2NC3=C(COC3=O)CS2)c2ccc(O)cc2)C(=O)C1=O. The molecule has 5 amide bonds. The van der Waals surface area contributed by atoms with Gasteiger partial charge in [0.2, 0.25) is 5.91 Å². The quantitative estimate of drug-likeness (QED) is 0.295. The molecule has 0 aromatic heterocycles. The number of thioether (sulfide) groups is 1. The van der Waals surface area contributed by atoms with Crippen molar-refractivity contribution in [3.05, 3.63) is 41.1 Å². The number of carbonyl (C=O) groups is 5. The normalized spacial score (nSPS) is 20.7. The molecule has 3 aliphatic rings. The smallest absolute Gasteiger partial charge is 0.354 e. The van der Waals surface area contributed by atoms with E-state index in [-0.39, 0.29) is 37.4 Å². The van der Waals surface area contributed by atoms with Crippen LogP contribution in [0.4, 0.5) is 4.79 Å². The van der Waals surface area contributed by atoms with Crippen LogP contribution in [0.3, 0.4) is 0 Å². The largest absolute Gasteiger partial charge is 0.508 e. The Morgan fingerprint density at radius 1 is 1.20 bits per heavy atom. The van der Waals surface area contributed by atoms with Gasteiger partial charge in [-0.25, -0.2) is 9.59 Å². The summed E-state index contributed by atoms with van der Waals surface area (Å²) in [5.41, 5.74) is 1.66.